The second-order valence-electron chi connectivity index (χ2n) is 4.61. The van der Waals surface area contributed by atoms with Crippen LogP contribution in [0.2, 0.25) is 0 Å². The fraction of sp³-hybridized carbons (Fsp3) is 0.667. The van der Waals surface area contributed by atoms with Crippen molar-refractivity contribution in [2.24, 2.45) is 0 Å². The lowest BCUT2D eigenvalue weighted by molar-refractivity contribution is 0.304. The predicted octanol–water partition coefficient (Wildman–Crippen LogP) is 2.54. The number of ether oxygens (including phenoxy) is 1. The second kappa shape index (κ2) is 4.28. The Labute approximate surface area is 96.4 Å². The molecule has 0 saturated heterocycles. The Hall–Kier alpha value is -1.32. The molecule has 0 aliphatic heterocycles. The van der Waals surface area contributed by atoms with Gasteiger partial charge < -0.3 is 10.1 Å². The summed E-state index contributed by atoms with van der Waals surface area (Å²) in [6.45, 7) is 6.70. The number of aromatic nitrogens is 2. The van der Waals surface area contributed by atoms with Crippen molar-refractivity contribution in [2.75, 3.05) is 11.9 Å². The van der Waals surface area contributed by atoms with Crippen LogP contribution in [0.4, 0.5) is 5.82 Å². The summed E-state index contributed by atoms with van der Waals surface area (Å²) in [4.78, 5) is 8.60. The van der Waals surface area contributed by atoms with Crippen LogP contribution in [0.3, 0.4) is 0 Å². The van der Waals surface area contributed by atoms with E-state index in [4.69, 9.17) is 4.74 Å². The van der Waals surface area contributed by atoms with Crippen molar-refractivity contribution in [3.63, 3.8) is 0 Å². The molecule has 4 nitrogen and oxygen atoms in total. The molecular weight excluding hydrogens is 202 g/mol. The maximum absolute atomic E-state index is 5.40. The van der Waals surface area contributed by atoms with Gasteiger partial charge in [-0.3, -0.25) is 0 Å². The molecule has 4 heteroatoms. The summed E-state index contributed by atoms with van der Waals surface area (Å²) in [7, 11) is 0. The Balaban J connectivity index is 2.13. The van der Waals surface area contributed by atoms with Crippen molar-refractivity contribution in [1.82, 2.24) is 9.97 Å². The highest BCUT2D eigenvalue weighted by atomic mass is 16.5. The monoisotopic (exact) mass is 221 g/mol. The van der Waals surface area contributed by atoms with Gasteiger partial charge in [0.15, 0.2) is 0 Å². The Bertz CT molecular complexity index is 375. The largest absolute Gasteiger partial charge is 0.478 e. The molecule has 0 amide bonds. The van der Waals surface area contributed by atoms with Crippen LogP contribution in [-0.2, 0) is 0 Å². The first-order valence-electron chi connectivity index (χ1n) is 5.88. The first-order valence-corrected chi connectivity index (χ1v) is 5.88. The van der Waals surface area contributed by atoms with E-state index in [0.29, 0.717) is 12.5 Å². The van der Waals surface area contributed by atoms with Crippen LogP contribution in [0.1, 0.15) is 38.9 Å². The lowest BCUT2D eigenvalue weighted by Crippen LogP contribution is -2.41. The molecule has 1 aliphatic carbocycles. The summed E-state index contributed by atoms with van der Waals surface area (Å²) in [5.74, 6) is 2.27. The van der Waals surface area contributed by atoms with E-state index in [9.17, 15) is 0 Å². The lowest BCUT2D eigenvalue weighted by atomic mass is 9.78. The van der Waals surface area contributed by atoms with E-state index in [0.717, 1.165) is 11.6 Å². The highest BCUT2D eigenvalue weighted by Gasteiger charge is 2.31. The van der Waals surface area contributed by atoms with Crippen LogP contribution in [0, 0.1) is 6.92 Å². The van der Waals surface area contributed by atoms with E-state index in [1.807, 2.05) is 19.9 Å². The van der Waals surface area contributed by atoms with Gasteiger partial charge in [0, 0.05) is 11.6 Å². The Morgan fingerprint density at radius 1 is 1.44 bits per heavy atom. The summed E-state index contributed by atoms with van der Waals surface area (Å²) in [5, 5.41) is 3.46. The quantitative estimate of drug-likeness (QED) is 0.848. The average molecular weight is 221 g/mol. The van der Waals surface area contributed by atoms with Gasteiger partial charge in [-0.25, -0.2) is 4.98 Å². The van der Waals surface area contributed by atoms with Gasteiger partial charge >= 0.3 is 0 Å². The normalized spacial score (nSPS) is 17.7. The lowest BCUT2D eigenvalue weighted by Gasteiger charge is -2.39. The first kappa shape index (κ1) is 11.2. The third kappa shape index (κ3) is 2.43. The van der Waals surface area contributed by atoms with Gasteiger partial charge in [0.2, 0.25) is 5.88 Å². The van der Waals surface area contributed by atoms with Gasteiger partial charge in [-0.1, -0.05) is 0 Å². The first-order chi connectivity index (χ1) is 7.61. The molecule has 1 fully saturated rings. The molecule has 1 N–H and O–H groups in total. The van der Waals surface area contributed by atoms with Gasteiger partial charge in [0.05, 0.1) is 6.61 Å². The van der Waals surface area contributed by atoms with Gasteiger partial charge in [-0.2, -0.15) is 4.98 Å². The Kier molecular flexibility index (Phi) is 2.99. The van der Waals surface area contributed by atoms with E-state index in [1.54, 1.807) is 0 Å². The van der Waals surface area contributed by atoms with Crippen LogP contribution < -0.4 is 10.1 Å². The van der Waals surface area contributed by atoms with Gasteiger partial charge in [-0.05, 0) is 40.0 Å². The number of anilines is 1. The fourth-order valence-electron chi connectivity index (χ4n) is 1.97. The van der Waals surface area contributed by atoms with E-state index < -0.39 is 0 Å². The number of hydrogen-bond donors (Lipinski definition) is 1. The summed E-state index contributed by atoms with van der Waals surface area (Å²) >= 11 is 0. The Morgan fingerprint density at radius 3 is 2.75 bits per heavy atom. The SMILES string of the molecule is CCOc1cc(NC2(C)CCC2)nc(C)n1. The molecular formula is C12H19N3O. The molecule has 1 aliphatic rings. The zero-order valence-corrected chi connectivity index (χ0v) is 10.2. The molecule has 0 aromatic carbocycles. The molecule has 1 heterocycles. The summed E-state index contributed by atoms with van der Waals surface area (Å²) < 4.78 is 5.40. The number of aryl methyl sites for hydroxylation is 1. The maximum Gasteiger partial charge on any atom is 0.218 e. The predicted molar refractivity (Wildman–Crippen MR) is 63.8 cm³/mol. The molecule has 0 spiro atoms. The van der Waals surface area contributed by atoms with Crippen LogP contribution in [0.5, 0.6) is 5.88 Å². The number of rotatable bonds is 4. The van der Waals surface area contributed by atoms with Crippen LogP contribution >= 0.6 is 0 Å². The minimum Gasteiger partial charge on any atom is -0.478 e. The molecule has 0 atom stereocenters. The third-order valence-electron chi connectivity index (χ3n) is 2.99. The summed E-state index contributed by atoms with van der Waals surface area (Å²) in [5.41, 5.74) is 0.213. The average Bonchev–Trinajstić information content (AvgIpc) is 2.14. The number of nitrogens with zero attached hydrogens (tertiary/aromatic N) is 2. The highest BCUT2D eigenvalue weighted by molar-refractivity contribution is 5.41. The van der Waals surface area contributed by atoms with Crippen molar-refractivity contribution in [3.05, 3.63) is 11.9 Å². The van der Waals surface area contributed by atoms with Crippen LogP contribution in [0.15, 0.2) is 6.07 Å². The van der Waals surface area contributed by atoms with Crippen LogP contribution in [0.25, 0.3) is 0 Å². The molecule has 1 saturated carbocycles. The van der Waals surface area contributed by atoms with Gasteiger partial charge in [-0.15, -0.1) is 0 Å². The topological polar surface area (TPSA) is 47.0 Å². The van der Waals surface area contributed by atoms with Crippen molar-refractivity contribution in [1.29, 1.82) is 0 Å². The summed E-state index contributed by atoms with van der Waals surface area (Å²) in [6.07, 6.45) is 3.71. The smallest absolute Gasteiger partial charge is 0.218 e. The highest BCUT2D eigenvalue weighted by Crippen LogP contribution is 2.34. The van der Waals surface area contributed by atoms with Crippen molar-refractivity contribution in [3.8, 4) is 5.88 Å². The van der Waals surface area contributed by atoms with Crippen LogP contribution in [-0.4, -0.2) is 22.1 Å². The van der Waals surface area contributed by atoms with Crippen molar-refractivity contribution in [2.45, 2.75) is 45.6 Å². The van der Waals surface area contributed by atoms with E-state index in [-0.39, 0.29) is 5.54 Å². The van der Waals surface area contributed by atoms with Gasteiger partial charge in [0.25, 0.3) is 0 Å². The molecule has 0 bridgehead atoms. The maximum atomic E-state index is 5.40. The van der Waals surface area contributed by atoms with Crippen molar-refractivity contribution >= 4 is 5.82 Å². The molecule has 2 rings (SSSR count). The van der Waals surface area contributed by atoms with E-state index >= 15 is 0 Å². The second-order valence-corrected chi connectivity index (χ2v) is 4.61. The van der Waals surface area contributed by atoms with E-state index in [1.165, 1.54) is 19.3 Å². The zero-order chi connectivity index (χ0) is 11.6. The molecule has 0 radical (unpaired) electrons. The number of hydrogen-bond acceptors (Lipinski definition) is 4. The van der Waals surface area contributed by atoms with Gasteiger partial charge in [0.1, 0.15) is 11.6 Å². The molecule has 1 aromatic heterocycles. The van der Waals surface area contributed by atoms with Crippen molar-refractivity contribution < 1.29 is 4.74 Å². The third-order valence-corrected chi connectivity index (χ3v) is 2.99. The Morgan fingerprint density at radius 2 is 2.19 bits per heavy atom. The van der Waals surface area contributed by atoms with E-state index in [2.05, 4.69) is 22.2 Å². The minimum atomic E-state index is 0.213. The zero-order valence-electron chi connectivity index (χ0n) is 10.2. The fourth-order valence-corrected chi connectivity index (χ4v) is 1.97. The number of nitrogens with one attached hydrogen (secondary N) is 1. The minimum absolute atomic E-state index is 0.213. The molecule has 88 valence electrons. The molecule has 0 unspecified atom stereocenters. The standard InChI is InChI=1S/C12H19N3O/c1-4-16-11-8-10(13-9(2)14-11)15-12(3)6-5-7-12/h8H,4-7H2,1-3H3,(H,13,14,15). The molecule has 1 aromatic rings. The summed E-state index contributed by atoms with van der Waals surface area (Å²) in [6, 6.07) is 1.88. The molecule has 16 heavy (non-hydrogen) atoms.